The minimum absolute atomic E-state index is 0.0286. The van der Waals surface area contributed by atoms with Gasteiger partial charge in [-0.05, 0) is 48.7 Å². The fourth-order valence-corrected chi connectivity index (χ4v) is 5.82. The first-order chi connectivity index (χ1) is 13.4. The highest BCUT2D eigenvalue weighted by Gasteiger charge is 2.39. The molecule has 1 aromatic heterocycles. The summed E-state index contributed by atoms with van der Waals surface area (Å²) in [6.07, 6.45) is 4.37. The highest BCUT2D eigenvalue weighted by atomic mass is 32.2. The van der Waals surface area contributed by atoms with Crippen LogP contribution in [-0.4, -0.2) is 63.0 Å². The Labute approximate surface area is 162 Å². The molecule has 28 heavy (non-hydrogen) atoms. The average Bonchev–Trinajstić information content (AvgIpc) is 3.38. The van der Waals surface area contributed by atoms with Crippen molar-refractivity contribution in [3.8, 4) is 11.4 Å². The normalized spacial score (nSPS) is 21.8. The molecule has 1 aliphatic heterocycles. The number of benzene rings is 1. The molecule has 150 valence electrons. The molecule has 2 aromatic rings. The van der Waals surface area contributed by atoms with Crippen LogP contribution in [0.25, 0.3) is 11.4 Å². The van der Waals surface area contributed by atoms with Crippen molar-refractivity contribution in [3.63, 3.8) is 0 Å². The molecule has 8 nitrogen and oxygen atoms in total. The van der Waals surface area contributed by atoms with Crippen molar-refractivity contribution in [2.75, 3.05) is 11.5 Å². The fraction of sp³-hybridized carbons (Fsp3) is 0.556. The molecule has 1 aliphatic carbocycles. The van der Waals surface area contributed by atoms with E-state index in [2.05, 4.69) is 15.4 Å². The molecule has 4 rings (SSSR count). The van der Waals surface area contributed by atoms with Crippen LogP contribution in [0.2, 0.25) is 0 Å². The summed E-state index contributed by atoms with van der Waals surface area (Å²) in [4.78, 5) is 16.0. The van der Waals surface area contributed by atoms with Gasteiger partial charge in [0.25, 0.3) is 0 Å². The molecular formula is C18H22FN5O3S. The lowest BCUT2D eigenvalue weighted by molar-refractivity contribution is -0.136. The predicted octanol–water partition coefficient (Wildman–Crippen LogP) is 1.44. The molecule has 1 amide bonds. The van der Waals surface area contributed by atoms with E-state index in [9.17, 15) is 17.6 Å². The zero-order valence-corrected chi connectivity index (χ0v) is 16.2. The highest BCUT2D eigenvalue weighted by molar-refractivity contribution is 7.91. The lowest BCUT2D eigenvalue weighted by Crippen LogP contribution is -2.48. The Balaban J connectivity index is 1.50. The summed E-state index contributed by atoms with van der Waals surface area (Å²) in [5, 5.41) is 12.1. The summed E-state index contributed by atoms with van der Waals surface area (Å²) in [5.41, 5.74) is 0.606. The van der Waals surface area contributed by atoms with E-state index in [-0.39, 0.29) is 41.9 Å². The topological polar surface area (TPSA) is 98.1 Å². The van der Waals surface area contributed by atoms with Crippen molar-refractivity contribution in [1.82, 2.24) is 25.1 Å². The molecule has 0 N–H and O–H groups in total. The van der Waals surface area contributed by atoms with Crippen molar-refractivity contribution in [2.45, 2.75) is 50.7 Å². The van der Waals surface area contributed by atoms with Gasteiger partial charge in [-0.1, -0.05) is 12.8 Å². The number of carbonyl (C=O) groups is 1. The van der Waals surface area contributed by atoms with E-state index < -0.39 is 9.84 Å². The monoisotopic (exact) mass is 407 g/mol. The molecule has 1 saturated carbocycles. The van der Waals surface area contributed by atoms with Crippen LogP contribution < -0.4 is 0 Å². The van der Waals surface area contributed by atoms with Crippen LogP contribution in [0.1, 0.15) is 32.1 Å². The van der Waals surface area contributed by atoms with E-state index >= 15 is 0 Å². The van der Waals surface area contributed by atoms with Gasteiger partial charge >= 0.3 is 0 Å². The van der Waals surface area contributed by atoms with Crippen LogP contribution in [0.15, 0.2) is 24.3 Å². The Kier molecular flexibility index (Phi) is 5.13. The Morgan fingerprint density at radius 3 is 2.50 bits per heavy atom. The van der Waals surface area contributed by atoms with E-state index in [0.29, 0.717) is 17.8 Å². The van der Waals surface area contributed by atoms with E-state index in [4.69, 9.17) is 0 Å². The Morgan fingerprint density at radius 1 is 1.14 bits per heavy atom. The van der Waals surface area contributed by atoms with Crippen molar-refractivity contribution in [2.24, 2.45) is 0 Å². The first-order valence-corrected chi connectivity index (χ1v) is 11.3. The second kappa shape index (κ2) is 7.57. The second-order valence-electron chi connectivity index (χ2n) is 7.45. The van der Waals surface area contributed by atoms with Crippen LogP contribution in [0, 0.1) is 5.82 Å². The number of amides is 1. The minimum atomic E-state index is -3.09. The lowest BCUT2D eigenvalue weighted by atomic mass is 10.1. The maximum Gasteiger partial charge on any atom is 0.246 e. The summed E-state index contributed by atoms with van der Waals surface area (Å²) in [7, 11) is -3.09. The van der Waals surface area contributed by atoms with Gasteiger partial charge in [-0.2, -0.15) is 4.80 Å². The largest absolute Gasteiger partial charge is 0.334 e. The quantitative estimate of drug-likeness (QED) is 0.744. The first-order valence-electron chi connectivity index (χ1n) is 9.47. The van der Waals surface area contributed by atoms with Gasteiger partial charge in [-0.15, -0.1) is 10.2 Å². The molecule has 2 fully saturated rings. The summed E-state index contributed by atoms with van der Waals surface area (Å²) in [6.45, 7) is -0.0960. The Hall–Kier alpha value is -2.36. The van der Waals surface area contributed by atoms with E-state index in [0.717, 1.165) is 25.7 Å². The van der Waals surface area contributed by atoms with Gasteiger partial charge in [0.15, 0.2) is 9.84 Å². The Bertz CT molecular complexity index is 954. The molecule has 0 bridgehead atoms. The number of sulfone groups is 1. The van der Waals surface area contributed by atoms with E-state index in [1.54, 1.807) is 17.0 Å². The summed E-state index contributed by atoms with van der Waals surface area (Å²) in [5.74, 6) is -0.0727. The first kappa shape index (κ1) is 19.0. The number of carbonyl (C=O) groups excluding carboxylic acids is 1. The molecule has 2 aliphatic rings. The number of tetrazole rings is 1. The smallest absolute Gasteiger partial charge is 0.246 e. The average molecular weight is 407 g/mol. The summed E-state index contributed by atoms with van der Waals surface area (Å²) >= 11 is 0. The molecule has 0 unspecified atom stereocenters. The molecule has 1 aromatic carbocycles. The molecule has 10 heteroatoms. The number of hydrogen-bond acceptors (Lipinski definition) is 6. The third kappa shape index (κ3) is 4.06. The van der Waals surface area contributed by atoms with Gasteiger partial charge in [0.2, 0.25) is 11.7 Å². The fourth-order valence-electron chi connectivity index (χ4n) is 4.11. The zero-order chi connectivity index (χ0) is 19.7. The second-order valence-corrected chi connectivity index (χ2v) is 9.68. The van der Waals surface area contributed by atoms with Gasteiger partial charge in [-0.25, -0.2) is 12.8 Å². The maximum absolute atomic E-state index is 13.1. The van der Waals surface area contributed by atoms with Crippen LogP contribution in [-0.2, 0) is 21.2 Å². The maximum atomic E-state index is 13.1. The summed E-state index contributed by atoms with van der Waals surface area (Å²) in [6, 6.07) is 5.51. The molecule has 1 atom stereocenters. The van der Waals surface area contributed by atoms with Crippen molar-refractivity contribution >= 4 is 15.7 Å². The number of nitrogens with zero attached hydrogens (tertiary/aromatic N) is 5. The van der Waals surface area contributed by atoms with Crippen LogP contribution in [0.4, 0.5) is 4.39 Å². The van der Waals surface area contributed by atoms with Gasteiger partial charge in [0, 0.05) is 17.6 Å². The summed E-state index contributed by atoms with van der Waals surface area (Å²) < 4.78 is 36.9. The van der Waals surface area contributed by atoms with Crippen LogP contribution in [0.3, 0.4) is 0 Å². The zero-order valence-electron chi connectivity index (χ0n) is 15.4. The Morgan fingerprint density at radius 2 is 1.86 bits per heavy atom. The number of halogens is 1. The number of hydrogen-bond donors (Lipinski definition) is 0. The minimum Gasteiger partial charge on any atom is -0.334 e. The SMILES string of the molecule is O=C(Cn1nnc(-c2ccc(F)cc2)n1)N(C1CCCC1)[C@@H]1CCS(=O)(=O)C1. The molecule has 2 heterocycles. The highest BCUT2D eigenvalue weighted by Crippen LogP contribution is 2.29. The lowest BCUT2D eigenvalue weighted by Gasteiger charge is -2.33. The van der Waals surface area contributed by atoms with Crippen LogP contribution in [0.5, 0.6) is 0 Å². The molecule has 0 radical (unpaired) electrons. The van der Waals surface area contributed by atoms with Crippen LogP contribution >= 0.6 is 0 Å². The van der Waals surface area contributed by atoms with E-state index in [1.807, 2.05) is 0 Å². The van der Waals surface area contributed by atoms with Gasteiger partial charge in [0.05, 0.1) is 11.5 Å². The van der Waals surface area contributed by atoms with E-state index in [1.165, 1.54) is 16.9 Å². The number of aromatic nitrogens is 4. The standard InChI is InChI=1S/C18H22FN5O3S/c19-14-7-5-13(6-8-14)18-20-22-23(21-18)11-17(25)24(15-3-1-2-4-15)16-9-10-28(26,27)12-16/h5-8,15-16H,1-4,9-12H2/t16-/m1/s1. The third-order valence-electron chi connectivity index (χ3n) is 5.44. The van der Waals surface area contributed by atoms with Crippen molar-refractivity contribution < 1.29 is 17.6 Å². The van der Waals surface area contributed by atoms with Crippen molar-refractivity contribution in [3.05, 3.63) is 30.1 Å². The third-order valence-corrected chi connectivity index (χ3v) is 7.19. The molecular weight excluding hydrogens is 385 g/mol. The molecule has 0 spiro atoms. The predicted molar refractivity (Wildman–Crippen MR) is 99.4 cm³/mol. The van der Waals surface area contributed by atoms with Gasteiger partial charge in [-0.3, -0.25) is 4.79 Å². The molecule has 1 saturated heterocycles. The number of rotatable bonds is 5. The van der Waals surface area contributed by atoms with Gasteiger partial charge in [0.1, 0.15) is 12.4 Å². The van der Waals surface area contributed by atoms with Gasteiger partial charge < -0.3 is 4.90 Å². The van der Waals surface area contributed by atoms with Crippen molar-refractivity contribution in [1.29, 1.82) is 0 Å².